The Morgan fingerprint density at radius 1 is 1.45 bits per heavy atom. The van der Waals surface area contributed by atoms with Crippen LogP contribution >= 0.6 is 11.6 Å². The molecule has 1 atom stereocenters. The summed E-state index contributed by atoms with van der Waals surface area (Å²) in [5.41, 5.74) is 0.954. The summed E-state index contributed by atoms with van der Waals surface area (Å²) in [5.74, 6) is 0. The highest BCUT2D eigenvalue weighted by Crippen LogP contribution is 2.08. The molecule has 1 aromatic rings. The van der Waals surface area contributed by atoms with Crippen LogP contribution in [0.3, 0.4) is 0 Å². The molecule has 0 spiro atoms. The summed E-state index contributed by atoms with van der Waals surface area (Å²) in [6, 6.07) is 3.75. The zero-order valence-electron chi connectivity index (χ0n) is 11.8. The Hall–Kier alpha value is -0.720. The van der Waals surface area contributed by atoms with Gasteiger partial charge in [0, 0.05) is 38.9 Å². The van der Waals surface area contributed by atoms with Crippen LogP contribution in [-0.4, -0.2) is 72.4 Å². The van der Waals surface area contributed by atoms with Crippen molar-refractivity contribution in [1.29, 1.82) is 0 Å². The van der Waals surface area contributed by atoms with Crippen molar-refractivity contribution < 1.29 is 9.84 Å². The molecule has 0 amide bonds. The van der Waals surface area contributed by atoms with Crippen LogP contribution in [0, 0.1) is 0 Å². The maximum atomic E-state index is 10.1. The highest BCUT2D eigenvalue weighted by atomic mass is 35.5. The molecule has 1 saturated heterocycles. The first-order valence-electron chi connectivity index (χ1n) is 6.90. The zero-order valence-corrected chi connectivity index (χ0v) is 12.6. The van der Waals surface area contributed by atoms with Crippen LogP contribution in [0.15, 0.2) is 18.3 Å². The lowest BCUT2D eigenvalue weighted by Gasteiger charge is -2.30. The van der Waals surface area contributed by atoms with Gasteiger partial charge in [0.2, 0.25) is 0 Å². The summed E-state index contributed by atoms with van der Waals surface area (Å²) < 4.78 is 5.30. The molecular formula is C14H22ClN3O2. The Morgan fingerprint density at radius 2 is 2.20 bits per heavy atom. The van der Waals surface area contributed by atoms with Gasteiger partial charge in [0.25, 0.3) is 0 Å². The van der Waals surface area contributed by atoms with Gasteiger partial charge in [0.05, 0.1) is 30.0 Å². The minimum atomic E-state index is -0.356. The van der Waals surface area contributed by atoms with Crippen molar-refractivity contribution >= 4 is 11.6 Å². The Morgan fingerprint density at radius 3 is 2.85 bits per heavy atom. The number of halogens is 1. The minimum Gasteiger partial charge on any atom is -0.390 e. The molecule has 1 aliphatic heterocycles. The first kappa shape index (κ1) is 15.7. The van der Waals surface area contributed by atoms with Crippen molar-refractivity contribution in [3.8, 4) is 0 Å². The molecule has 1 aliphatic rings. The summed E-state index contributed by atoms with van der Waals surface area (Å²) in [7, 11) is 1.98. The Kier molecular flexibility index (Phi) is 6.19. The van der Waals surface area contributed by atoms with Gasteiger partial charge in [0.15, 0.2) is 0 Å². The number of β-amino-alcohol motifs (C(OH)–C–C–N with tert-alkyl or cyclic N) is 1. The number of hydrogen-bond acceptors (Lipinski definition) is 5. The van der Waals surface area contributed by atoms with E-state index in [1.807, 2.05) is 19.2 Å². The van der Waals surface area contributed by atoms with E-state index in [1.165, 1.54) is 0 Å². The number of likely N-dealkylation sites (N-methyl/N-ethyl adjacent to an activating group) is 1. The van der Waals surface area contributed by atoms with Crippen LogP contribution in [0.5, 0.6) is 0 Å². The Balaban J connectivity index is 1.72. The molecule has 112 valence electrons. The van der Waals surface area contributed by atoms with Crippen LogP contribution in [0.25, 0.3) is 0 Å². The van der Waals surface area contributed by atoms with E-state index < -0.39 is 0 Å². The highest BCUT2D eigenvalue weighted by molar-refractivity contribution is 6.30. The van der Waals surface area contributed by atoms with Crippen LogP contribution in [0.1, 0.15) is 5.69 Å². The van der Waals surface area contributed by atoms with E-state index in [0.717, 1.165) is 32.0 Å². The third-order valence-electron chi connectivity index (χ3n) is 3.32. The van der Waals surface area contributed by atoms with Gasteiger partial charge in [-0.2, -0.15) is 0 Å². The number of nitrogens with zero attached hydrogens (tertiary/aromatic N) is 3. The van der Waals surface area contributed by atoms with E-state index in [2.05, 4.69) is 14.8 Å². The maximum absolute atomic E-state index is 10.1. The van der Waals surface area contributed by atoms with Crippen LogP contribution < -0.4 is 0 Å². The molecule has 20 heavy (non-hydrogen) atoms. The third-order valence-corrected chi connectivity index (χ3v) is 3.54. The fourth-order valence-electron chi connectivity index (χ4n) is 2.34. The predicted molar refractivity (Wildman–Crippen MR) is 78.8 cm³/mol. The molecule has 1 unspecified atom stereocenters. The molecular weight excluding hydrogens is 278 g/mol. The minimum absolute atomic E-state index is 0.356. The summed E-state index contributed by atoms with van der Waals surface area (Å²) >= 11 is 5.81. The van der Waals surface area contributed by atoms with Crippen molar-refractivity contribution in [2.75, 3.05) is 46.4 Å². The highest BCUT2D eigenvalue weighted by Gasteiger charge is 2.16. The first-order chi connectivity index (χ1) is 9.63. The number of rotatable bonds is 6. The van der Waals surface area contributed by atoms with E-state index in [9.17, 15) is 5.11 Å². The Labute approximate surface area is 125 Å². The van der Waals surface area contributed by atoms with E-state index in [-0.39, 0.29) is 6.10 Å². The standard InChI is InChI=1S/C14H22ClN3O2/c1-17(9-13-3-2-12(15)8-16-13)10-14(19)11-18-4-6-20-7-5-18/h2-3,8,14,19H,4-7,9-11H2,1H3. The lowest BCUT2D eigenvalue weighted by molar-refractivity contribution is 0.00819. The quantitative estimate of drug-likeness (QED) is 0.844. The van der Waals surface area contributed by atoms with E-state index in [0.29, 0.717) is 24.7 Å². The summed E-state index contributed by atoms with van der Waals surface area (Å²) in [5, 5.41) is 10.8. The number of morpholine rings is 1. The molecule has 1 aromatic heterocycles. The molecule has 1 fully saturated rings. The number of ether oxygens (including phenoxy) is 1. The maximum Gasteiger partial charge on any atom is 0.0793 e. The second-order valence-electron chi connectivity index (χ2n) is 5.23. The van der Waals surface area contributed by atoms with Crippen molar-refractivity contribution in [2.45, 2.75) is 12.6 Å². The van der Waals surface area contributed by atoms with E-state index in [4.69, 9.17) is 16.3 Å². The summed E-state index contributed by atoms with van der Waals surface area (Å²) in [4.78, 5) is 8.57. The summed E-state index contributed by atoms with van der Waals surface area (Å²) in [6.07, 6.45) is 1.29. The molecule has 0 aromatic carbocycles. The normalized spacial score (nSPS) is 18.4. The molecule has 2 heterocycles. The van der Waals surface area contributed by atoms with Crippen LogP contribution in [0.4, 0.5) is 0 Å². The fraction of sp³-hybridized carbons (Fsp3) is 0.643. The van der Waals surface area contributed by atoms with Crippen molar-refractivity contribution in [3.05, 3.63) is 29.0 Å². The molecule has 0 saturated carbocycles. The topological polar surface area (TPSA) is 48.8 Å². The largest absolute Gasteiger partial charge is 0.390 e. The van der Waals surface area contributed by atoms with Crippen molar-refractivity contribution in [1.82, 2.24) is 14.8 Å². The first-order valence-corrected chi connectivity index (χ1v) is 7.28. The lowest BCUT2D eigenvalue weighted by atomic mass is 10.2. The summed E-state index contributed by atoms with van der Waals surface area (Å²) in [6.45, 7) is 5.36. The SMILES string of the molecule is CN(Cc1ccc(Cl)cn1)CC(O)CN1CCOCC1. The van der Waals surface area contributed by atoms with Crippen molar-refractivity contribution in [2.24, 2.45) is 0 Å². The van der Waals surface area contributed by atoms with Gasteiger partial charge < -0.3 is 9.84 Å². The van der Waals surface area contributed by atoms with Gasteiger partial charge >= 0.3 is 0 Å². The zero-order chi connectivity index (χ0) is 14.4. The van der Waals surface area contributed by atoms with Gasteiger partial charge in [-0.25, -0.2) is 0 Å². The molecule has 2 rings (SSSR count). The fourth-order valence-corrected chi connectivity index (χ4v) is 2.45. The van der Waals surface area contributed by atoms with Gasteiger partial charge in [-0.1, -0.05) is 11.6 Å². The second-order valence-corrected chi connectivity index (χ2v) is 5.67. The lowest BCUT2D eigenvalue weighted by Crippen LogP contribution is -2.44. The molecule has 5 nitrogen and oxygen atoms in total. The van der Waals surface area contributed by atoms with Gasteiger partial charge in [-0.15, -0.1) is 0 Å². The smallest absolute Gasteiger partial charge is 0.0793 e. The second kappa shape index (κ2) is 7.90. The van der Waals surface area contributed by atoms with Crippen molar-refractivity contribution in [3.63, 3.8) is 0 Å². The number of aromatic nitrogens is 1. The van der Waals surface area contributed by atoms with Crippen LogP contribution in [-0.2, 0) is 11.3 Å². The molecule has 6 heteroatoms. The molecule has 0 aliphatic carbocycles. The van der Waals surface area contributed by atoms with E-state index in [1.54, 1.807) is 6.20 Å². The number of aliphatic hydroxyl groups excluding tert-OH is 1. The van der Waals surface area contributed by atoms with Crippen LogP contribution in [0.2, 0.25) is 5.02 Å². The molecule has 1 N–H and O–H groups in total. The monoisotopic (exact) mass is 299 g/mol. The number of pyridine rings is 1. The molecule has 0 radical (unpaired) electrons. The molecule has 0 bridgehead atoms. The Bertz CT molecular complexity index is 396. The number of hydrogen-bond donors (Lipinski definition) is 1. The van der Waals surface area contributed by atoms with Gasteiger partial charge in [-0.05, 0) is 19.2 Å². The average Bonchev–Trinajstić information content (AvgIpc) is 2.42. The van der Waals surface area contributed by atoms with E-state index >= 15 is 0 Å². The van der Waals surface area contributed by atoms with Gasteiger partial charge in [0.1, 0.15) is 0 Å². The van der Waals surface area contributed by atoms with Gasteiger partial charge in [-0.3, -0.25) is 14.8 Å². The number of aliphatic hydroxyl groups is 1. The third kappa shape index (κ3) is 5.34. The average molecular weight is 300 g/mol. The predicted octanol–water partition coefficient (Wildman–Crippen LogP) is 0.860.